The van der Waals surface area contributed by atoms with Crippen LogP contribution in [0.2, 0.25) is 0 Å². The quantitative estimate of drug-likeness (QED) is 0.605. The second-order valence-electron chi connectivity index (χ2n) is 4.93. The number of benzene rings is 1. The van der Waals surface area contributed by atoms with E-state index in [1.54, 1.807) is 7.11 Å². The summed E-state index contributed by atoms with van der Waals surface area (Å²) in [6.07, 6.45) is 2.58. The van der Waals surface area contributed by atoms with E-state index < -0.39 is 0 Å². The van der Waals surface area contributed by atoms with Crippen LogP contribution in [0.4, 0.5) is 5.69 Å². The van der Waals surface area contributed by atoms with E-state index >= 15 is 0 Å². The largest absolute Gasteiger partial charge is 0.483 e. The third-order valence-electron chi connectivity index (χ3n) is 3.47. The van der Waals surface area contributed by atoms with Crippen LogP contribution < -0.4 is 0 Å². The van der Waals surface area contributed by atoms with Crippen LogP contribution in [-0.2, 0) is 4.74 Å². The van der Waals surface area contributed by atoms with Crippen molar-refractivity contribution in [3.8, 4) is 0 Å². The van der Waals surface area contributed by atoms with E-state index in [1.165, 1.54) is 24.0 Å². The van der Waals surface area contributed by atoms with Gasteiger partial charge >= 0.3 is 0 Å². The normalized spacial score (nSPS) is 17.2. The highest BCUT2D eigenvalue weighted by atomic mass is 16.5. The molecule has 3 heteroatoms. The average molecular weight is 246 g/mol. The highest BCUT2D eigenvalue weighted by Crippen LogP contribution is 2.23. The molecule has 1 aromatic carbocycles. The third kappa shape index (κ3) is 3.10. The minimum atomic E-state index is 0.814. The first kappa shape index (κ1) is 13.1. The molecule has 0 amide bonds. The average Bonchev–Trinajstić information content (AvgIpc) is 2.85. The van der Waals surface area contributed by atoms with Gasteiger partial charge in [-0.25, -0.2) is 4.99 Å². The molecule has 1 aromatic rings. The number of ether oxygens (including phenoxy) is 1. The van der Waals surface area contributed by atoms with Gasteiger partial charge in [0.25, 0.3) is 0 Å². The summed E-state index contributed by atoms with van der Waals surface area (Å²) in [7, 11) is 1.71. The second kappa shape index (κ2) is 6.01. The number of likely N-dealkylation sites (tertiary alicyclic amines) is 1. The number of para-hydroxylation sites is 1. The topological polar surface area (TPSA) is 24.8 Å². The molecule has 3 nitrogen and oxygen atoms in total. The molecule has 2 rings (SSSR count). The number of nitrogens with zero attached hydrogens (tertiary/aromatic N) is 2. The van der Waals surface area contributed by atoms with E-state index in [4.69, 9.17) is 9.73 Å². The predicted octanol–water partition coefficient (Wildman–Crippen LogP) is 3.08. The van der Waals surface area contributed by atoms with Crippen LogP contribution in [0.3, 0.4) is 0 Å². The molecule has 1 saturated heterocycles. The van der Waals surface area contributed by atoms with Crippen LogP contribution >= 0.6 is 0 Å². The van der Waals surface area contributed by atoms with Crippen molar-refractivity contribution >= 4 is 11.6 Å². The van der Waals surface area contributed by atoms with E-state index in [0.29, 0.717) is 0 Å². The molecule has 1 aliphatic heterocycles. The lowest BCUT2D eigenvalue weighted by molar-refractivity contribution is 0.327. The first-order valence-electron chi connectivity index (χ1n) is 6.61. The smallest absolute Gasteiger partial charge is 0.202 e. The van der Waals surface area contributed by atoms with Gasteiger partial charge in [0.2, 0.25) is 5.90 Å². The van der Waals surface area contributed by atoms with Crippen molar-refractivity contribution < 1.29 is 4.74 Å². The summed E-state index contributed by atoms with van der Waals surface area (Å²) in [5.41, 5.74) is 3.45. The Balaban J connectivity index is 2.17. The standard InChI is InChI=1S/C15H22N2O/c1-12-7-6-8-13(2)15(12)16-14(18-3)11-17-9-4-5-10-17/h6-8H,4-5,9-11H2,1-3H3. The van der Waals surface area contributed by atoms with Crippen molar-refractivity contribution in [3.63, 3.8) is 0 Å². The summed E-state index contributed by atoms with van der Waals surface area (Å²) < 4.78 is 5.43. The van der Waals surface area contributed by atoms with E-state index in [9.17, 15) is 0 Å². The van der Waals surface area contributed by atoms with Gasteiger partial charge in [0.1, 0.15) is 0 Å². The maximum atomic E-state index is 5.43. The summed E-state index contributed by atoms with van der Waals surface area (Å²) in [5, 5.41) is 0. The zero-order valence-corrected chi connectivity index (χ0v) is 11.6. The van der Waals surface area contributed by atoms with Crippen molar-refractivity contribution in [2.75, 3.05) is 26.7 Å². The van der Waals surface area contributed by atoms with Gasteiger partial charge in [-0.05, 0) is 50.9 Å². The summed E-state index contributed by atoms with van der Waals surface area (Å²) in [6.45, 7) is 7.33. The molecule has 0 bridgehead atoms. The third-order valence-corrected chi connectivity index (χ3v) is 3.47. The molecule has 98 valence electrons. The maximum Gasteiger partial charge on any atom is 0.202 e. The fourth-order valence-corrected chi connectivity index (χ4v) is 2.38. The number of hydrogen-bond donors (Lipinski definition) is 0. The molecule has 0 saturated carbocycles. The van der Waals surface area contributed by atoms with Crippen molar-refractivity contribution in [1.29, 1.82) is 0 Å². The highest BCUT2D eigenvalue weighted by molar-refractivity contribution is 5.82. The Labute approximate surface area is 109 Å². The SMILES string of the molecule is COC(CN1CCCC1)=Nc1c(C)cccc1C. The van der Waals surface area contributed by atoms with Crippen molar-refractivity contribution in [1.82, 2.24) is 4.90 Å². The van der Waals surface area contributed by atoms with Crippen molar-refractivity contribution in [2.45, 2.75) is 26.7 Å². The maximum absolute atomic E-state index is 5.43. The lowest BCUT2D eigenvalue weighted by Crippen LogP contribution is -2.27. The van der Waals surface area contributed by atoms with Gasteiger partial charge < -0.3 is 4.74 Å². The summed E-state index contributed by atoms with van der Waals surface area (Å²) >= 11 is 0. The predicted molar refractivity (Wildman–Crippen MR) is 75.7 cm³/mol. The van der Waals surface area contributed by atoms with Crippen LogP contribution in [0.15, 0.2) is 23.2 Å². The second-order valence-corrected chi connectivity index (χ2v) is 4.93. The first-order valence-corrected chi connectivity index (χ1v) is 6.61. The monoisotopic (exact) mass is 246 g/mol. The van der Waals surface area contributed by atoms with E-state index in [-0.39, 0.29) is 0 Å². The minimum absolute atomic E-state index is 0.814. The molecule has 0 N–H and O–H groups in total. The van der Waals surface area contributed by atoms with Gasteiger partial charge in [0, 0.05) is 0 Å². The summed E-state index contributed by atoms with van der Waals surface area (Å²) in [4.78, 5) is 7.09. The Morgan fingerprint density at radius 1 is 1.22 bits per heavy atom. The van der Waals surface area contributed by atoms with Gasteiger partial charge in [-0.3, -0.25) is 4.90 Å². The molecule has 0 aromatic heterocycles. The van der Waals surface area contributed by atoms with Gasteiger partial charge in [-0.15, -0.1) is 0 Å². The Bertz CT molecular complexity index is 414. The molecular weight excluding hydrogens is 224 g/mol. The van der Waals surface area contributed by atoms with Crippen LogP contribution in [0.5, 0.6) is 0 Å². The number of aliphatic imine (C=N–C) groups is 1. The summed E-state index contributed by atoms with van der Waals surface area (Å²) in [6, 6.07) is 6.25. The molecule has 1 fully saturated rings. The molecular formula is C15H22N2O. The van der Waals surface area contributed by atoms with Gasteiger partial charge in [-0.2, -0.15) is 0 Å². The number of hydrogen-bond acceptors (Lipinski definition) is 3. The number of methoxy groups -OCH3 is 1. The Hall–Kier alpha value is -1.35. The lowest BCUT2D eigenvalue weighted by atomic mass is 10.1. The lowest BCUT2D eigenvalue weighted by Gasteiger charge is -2.16. The zero-order chi connectivity index (χ0) is 13.0. The molecule has 0 aliphatic carbocycles. The van der Waals surface area contributed by atoms with E-state index in [1.807, 2.05) is 0 Å². The number of aryl methyl sites for hydroxylation is 2. The highest BCUT2D eigenvalue weighted by Gasteiger charge is 2.14. The Morgan fingerprint density at radius 3 is 2.39 bits per heavy atom. The van der Waals surface area contributed by atoms with Gasteiger partial charge in [0.15, 0.2) is 0 Å². The van der Waals surface area contributed by atoms with Crippen LogP contribution in [-0.4, -0.2) is 37.5 Å². The fraction of sp³-hybridized carbons (Fsp3) is 0.533. The molecule has 1 aliphatic rings. The van der Waals surface area contributed by atoms with Gasteiger partial charge in [-0.1, -0.05) is 18.2 Å². The zero-order valence-electron chi connectivity index (χ0n) is 11.6. The molecule has 0 radical (unpaired) electrons. The first-order chi connectivity index (χ1) is 8.70. The molecule has 0 atom stereocenters. The molecule has 18 heavy (non-hydrogen) atoms. The summed E-state index contributed by atoms with van der Waals surface area (Å²) in [5.74, 6) is 0.814. The Kier molecular flexibility index (Phi) is 4.37. The molecule has 0 spiro atoms. The van der Waals surface area contributed by atoms with E-state index in [0.717, 1.165) is 31.2 Å². The van der Waals surface area contributed by atoms with Crippen LogP contribution in [0.1, 0.15) is 24.0 Å². The van der Waals surface area contributed by atoms with Crippen LogP contribution in [0.25, 0.3) is 0 Å². The number of rotatable bonds is 3. The fourth-order valence-electron chi connectivity index (χ4n) is 2.38. The Morgan fingerprint density at radius 2 is 1.83 bits per heavy atom. The van der Waals surface area contributed by atoms with Crippen LogP contribution in [0, 0.1) is 13.8 Å². The van der Waals surface area contributed by atoms with Crippen molar-refractivity contribution in [3.05, 3.63) is 29.3 Å². The molecule has 0 unspecified atom stereocenters. The van der Waals surface area contributed by atoms with E-state index in [2.05, 4.69) is 36.9 Å². The van der Waals surface area contributed by atoms with Crippen molar-refractivity contribution in [2.24, 2.45) is 4.99 Å². The van der Waals surface area contributed by atoms with Gasteiger partial charge in [0.05, 0.1) is 19.3 Å². The molecule has 1 heterocycles. The minimum Gasteiger partial charge on any atom is -0.483 e.